The number of aryl methyl sites for hydroxylation is 1. The summed E-state index contributed by atoms with van der Waals surface area (Å²) in [4.78, 5) is 16.1. The van der Waals surface area contributed by atoms with E-state index < -0.39 is 6.10 Å². The SMILES string of the molecule is Cc1coc(-c2cccc(NC(=O)CC(O)C(C)C)c2)n1. The number of hydrogen-bond acceptors (Lipinski definition) is 4. The van der Waals surface area contributed by atoms with Crippen molar-refractivity contribution in [1.82, 2.24) is 4.98 Å². The van der Waals surface area contributed by atoms with E-state index in [0.29, 0.717) is 11.6 Å². The Morgan fingerprint density at radius 2 is 2.19 bits per heavy atom. The van der Waals surface area contributed by atoms with E-state index in [1.807, 2.05) is 32.9 Å². The Morgan fingerprint density at radius 3 is 2.81 bits per heavy atom. The molecule has 0 aliphatic carbocycles. The maximum Gasteiger partial charge on any atom is 0.226 e. The van der Waals surface area contributed by atoms with Crippen LogP contribution in [0.5, 0.6) is 0 Å². The zero-order chi connectivity index (χ0) is 15.4. The molecule has 0 saturated carbocycles. The van der Waals surface area contributed by atoms with Crippen LogP contribution < -0.4 is 5.32 Å². The molecule has 1 aromatic heterocycles. The van der Waals surface area contributed by atoms with E-state index in [1.54, 1.807) is 18.4 Å². The van der Waals surface area contributed by atoms with Gasteiger partial charge in [-0.2, -0.15) is 0 Å². The predicted octanol–water partition coefficient (Wildman–Crippen LogP) is 3.00. The fourth-order valence-electron chi connectivity index (χ4n) is 1.85. The van der Waals surface area contributed by atoms with Gasteiger partial charge in [0.2, 0.25) is 11.8 Å². The van der Waals surface area contributed by atoms with E-state index in [0.717, 1.165) is 11.3 Å². The first-order chi connectivity index (χ1) is 9.95. The Balaban J connectivity index is 2.06. The van der Waals surface area contributed by atoms with E-state index in [2.05, 4.69) is 10.3 Å². The molecule has 1 amide bonds. The Hall–Kier alpha value is -2.14. The minimum atomic E-state index is -0.637. The standard InChI is InChI=1S/C16H20N2O3/c1-10(2)14(19)8-15(20)18-13-6-4-5-12(7-13)16-17-11(3)9-21-16/h4-7,9-10,14,19H,8H2,1-3H3,(H,18,20). The minimum absolute atomic E-state index is 0.0531. The number of amides is 1. The van der Waals surface area contributed by atoms with Crippen LogP contribution in [-0.4, -0.2) is 22.1 Å². The largest absolute Gasteiger partial charge is 0.444 e. The molecule has 2 rings (SSSR count). The van der Waals surface area contributed by atoms with Gasteiger partial charge in [-0.05, 0) is 31.0 Å². The van der Waals surface area contributed by atoms with E-state index in [1.165, 1.54) is 0 Å². The van der Waals surface area contributed by atoms with Gasteiger partial charge in [-0.3, -0.25) is 4.79 Å². The lowest BCUT2D eigenvalue weighted by Crippen LogP contribution is -2.23. The third-order valence-electron chi connectivity index (χ3n) is 3.18. The number of rotatable bonds is 5. The molecular formula is C16H20N2O3. The third-order valence-corrected chi connectivity index (χ3v) is 3.18. The molecule has 1 aromatic carbocycles. The van der Waals surface area contributed by atoms with Gasteiger partial charge in [0.15, 0.2) is 0 Å². The van der Waals surface area contributed by atoms with Crippen LogP contribution in [0.2, 0.25) is 0 Å². The van der Waals surface area contributed by atoms with Gasteiger partial charge in [0, 0.05) is 11.3 Å². The maximum absolute atomic E-state index is 11.9. The second-order valence-corrected chi connectivity index (χ2v) is 5.44. The second-order valence-electron chi connectivity index (χ2n) is 5.44. The first kappa shape index (κ1) is 15.3. The number of nitrogens with zero attached hydrogens (tertiary/aromatic N) is 1. The monoisotopic (exact) mass is 288 g/mol. The molecule has 0 bridgehead atoms. The van der Waals surface area contributed by atoms with E-state index in [9.17, 15) is 9.90 Å². The lowest BCUT2D eigenvalue weighted by atomic mass is 10.0. The summed E-state index contributed by atoms with van der Waals surface area (Å²) in [5.74, 6) is 0.361. The molecule has 0 aliphatic heterocycles. The molecule has 112 valence electrons. The van der Waals surface area contributed by atoms with Crippen LogP contribution >= 0.6 is 0 Å². The van der Waals surface area contributed by atoms with Crippen LogP contribution in [0, 0.1) is 12.8 Å². The van der Waals surface area contributed by atoms with Gasteiger partial charge >= 0.3 is 0 Å². The number of oxazole rings is 1. The third kappa shape index (κ3) is 4.16. The molecule has 5 nitrogen and oxygen atoms in total. The van der Waals surface area contributed by atoms with Crippen molar-refractivity contribution in [2.75, 3.05) is 5.32 Å². The smallest absolute Gasteiger partial charge is 0.226 e. The first-order valence-corrected chi connectivity index (χ1v) is 6.96. The number of aliphatic hydroxyl groups is 1. The number of hydrogen-bond donors (Lipinski definition) is 2. The summed E-state index contributed by atoms with van der Waals surface area (Å²) in [5.41, 5.74) is 2.26. The summed E-state index contributed by atoms with van der Waals surface area (Å²) in [6, 6.07) is 7.27. The maximum atomic E-state index is 11.9. The summed E-state index contributed by atoms with van der Waals surface area (Å²) >= 11 is 0. The van der Waals surface area contributed by atoms with Crippen molar-refractivity contribution in [3.05, 3.63) is 36.2 Å². The molecule has 21 heavy (non-hydrogen) atoms. The average molecular weight is 288 g/mol. The summed E-state index contributed by atoms with van der Waals surface area (Å²) in [5, 5.41) is 12.5. The number of benzene rings is 1. The highest BCUT2D eigenvalue weighted by Gasteiger charge is 2.14. The summed E-state index contributed by atoms with van der Waals surface area (Å²) in [6.45, 7) is 5.61. The lowest BCUT2D eigenvalue weighted by molar-refractivity contribution is -0.118. The number of nitrogens with one attached hydrogen (secondary N) is 1. The van der Waals surface area contributed by atoms with Crippen molar-refractivity contribution >= 4 is 11.6 Å². The molecule has 0 saturated heterocycles. The van der Waals surface area contributed by atoms with Crippen molar-refractivity contribution < 1.29 is 14.3 Å². The van der Waals surface area contributed by atoms with Crippen molar-refractivity contribution in [2.45, 2.75) is 33.3 Å². The molecular weight excluding hydrogens is 268 g/mol. The molecule has 0 aliphatic rings. The van der Waals surface area contributed by atoms with Gasteiger partial charge in [0.05, 0.1) is 18.2 Å². The number of carbonyl (C=O) groups is 1. The minimum Gasteiger partial charge on any atom is -0.444 e. The van der Waals surface area contributed by atoms with Gasteiger partial charge < -0.3 is 14.8 Å². The molecule has 1 unspecified atom stereocenters. The van der Waals surface area contributed by atoms with Gasteiger partial charge in [0.25, 0.3) is 0 Å². The molecule has 0 fully saturated rings. The van der Waals surface area contributed by atoms with E-state index >= 15 is 0 Å². The molecule has 2 N–H and O–H groups in total. The molecule has 0 radical (unpaired) electrons. The topological polar surface area (TPSA) is 75.4 Å². The van der Waals surface area contributed by atoms with Crippen LogP contribution in [-0.2, 0) is 4.79 Å². The van der Waals surface area contributed by atoms with Crippen molar-refractivity contribution in [1.29, 1.82) is 0 Å². The first-order valence-electron chi connectivity index (χ1n) is 6.96. The highest BCUT2D eigenvalue weighted by Crippen LogP contribution is 2.22. The summed E-state index contributed by atoms with van der Waals surface area (Å²) < 4.78 is 5.34. The number of aromatic nitrogens is 1. The van der Waals surface area contributed by atoms with Crippen LogP contribution in [0.15, 0.2) is 34.9 Å². The molecule has 1 heterocycles. The Bertz CT molecular complexity index is 619. The Morgan fingerprint density at radius 1 is 1.43 bits per heavy atom. The summed E-state index contributed by atoms with van der Waals surface area (Å²) in [6.07, 6.45) is 1.03. The second kappa shape index (κ2) is 6.54. The predicted molar refractivity (Wildman–Crippen MR) is 80.8 cm³/mol. The van der Waals surface area contributed by atoms with Crippen LogP contribution in [0.25, 0.3) is 11.5 Å². The average Bonchev–Trinajstić information content (AvgIpc) is 2.85. The van der Waals surface area contributed by atoms with Gasteiger partial charge in [0.1, 0.15) is 6.26 Å². The Labute approximate surface area is 124 Å². The van der Waals surface area contributed by atoms with E-state index in [-0.39, 0.29) is 18.2 Å². The van der Waals surface area contributed by atoms with Gasteiger partial charge in [-0.15, -0.1) is 0 Å². The van der Waals surface area contributed by atoms with Crippen LogP contribution in [0.1, 0.15) is 26.0 Å². The fourth-order valence-corrected chi connectivity index (χ4v) is 1.85. The lowest BCUT2D eigenvalue weighted by Gasteiger charge is -2.14. The van der Waals surface area contributed by atoms with Crippen molar-refractivity contribution in [2.24, 2.45) is 5.92 Å². The molecule has 1 atom stereocenters. The van der Waals surface area contributed by atoms with Crippen molar-refractivity contribution in [3.8, 4) is 11.5 Å². The van der Waals surface area contributed by atoms with Gasteiger partial charge in [-0.25, -0.2) is 4.98 Å². The zero-order valence-electron chi connectivity index (χ0n) is 12.5. The van der Waals surface area contributed by atoms with Crippen LogP contribution in [0.4, 0.5) is 5.69 Å². The zero-order valence-corrected chi connectivity index (χ0v) is 12.5. The number of anilines is 1. The summed E-state index contributed by atoms with van der Waals surface area (Å²) in [7, 11) is 0. The quantitative estimate of drug-likeness (QED) is 0.887. The van der Waals surface area contributed by atoms with Crippen LogP contribution in [0.3, 0.4) is 0 Å². The fraction of sp³-hybridized carbons (Fsp3) is 0.375. The highest BCUT2D eigenvalue weighted by atomic mass is 16.3. The Kier molecular flexibility index (Phi) is 4.75. The normalized spacial score (nSPS) is 12.4. The number of carbonyl (C=O) groups excluding carboxylic acids is 1. The molecule has 0 spiro atoms. The van der Waals surface area contributed by atoms with Crippen molar-refractivity contribution in [3.63, 3.8) is 0 Å². The van der Waals surface area contributed by atoms with Gasteiger partial charge in [-0.1, -0.05) is 19.9 Å². The number of aliphatic hydroxyl groups excluding tert-OH is 1. The molecule has 5 heteroatoms. The van der Waals surface area contributed by atoms with E-state index in [4.69, 9.17) is 4.42 Å². The molecule has 2 aromatic rings. The highest BCUT2D eigenvalue weighted by molar-refractivity contribution is 5.91.